The Balaban J connectivity index is 1.61. The van der Waals surface area contributed by atoms with Crippen LogP contribution in [0.2, 0.25) is 0 Å². The molecule has 1 aliphatic heterocycles. The largest absolute Gasteiger partial charge is 0.401 e. The van der Waals surface area contributed by atoms with Crippen LogP contribution in [0.25, 0.3) is 11.3 Å². The molecule has 3 rings (SSSR count). The van der Waals surface area contributed by atoms with Crippen molar-refractivity contribution in [2.45, 2.75) is 32.1 Å². The van der Waals surface area contributed by atoms with E-state index in [-0.39, 0.29) is 6.04 Å². The van der Waals surface area contributed by atoms with Crippen LogP contribution in [0.4, 0.5) is 13.2 Å². The first-order valence-electron chi connectivity index (χ1n) is 9.77. The lowest BCUT2D eigenvalue weighted by Gasteiger charge is -2.19. The number of nitrogens with zero attached hydrogens (tertiary/aromatic N) is 3. The number of aliphatic imine (C=N–C) groups is 1. The summed E-state index contributed by atoms with van der Waals surface area (Å²) >= 11 is 0. The Morgan fingerprint density at radius 1 is 1.24 bits per heavy atom. The highest BCUT2D eigenvalue weighted by atomic mass is 19.4. The van der Waals surface area contributed by atoms with Crippen LogP contribution in [0.3, 0.4) is 0 Å². The minimum Gasteiger partial charge on any atom is -0.357 e. The van der Waals surface area contributed by atoms with E-state index in [9.17, 15) is 13.2 Å². The van der Waals surface area contributed by atoms with Crippen molar-refractivity contribution in [3.8, 4) is 11.3 Å². The van der Waals surface area contributed by atoms with Crippen molar-refractivity contribution in [1.29, 1.82) is 0 Å². The summed E-state index contributed by atoms with van der Waals surface area (Å²) in [6.07, 6.45) is -1.74. The minimum absolute atomic E-state index is 0.0463. The highest BCUT2D eigenvalue weighted by Gasteiger charge is 2.34. The van der Waals surface area contributed by atoms with Crippen LogP contribution in [-0.4, -0.2) is 54.2 Å². The summed E-state index contributed by atoms with van der Waals surface area (Å²) in [5.41, 5.74) is 2.96. The van der Waals surface area contributed by atoms with Crippen LogP contribution in [0, 0.1) is 0 Å². The second-order valence-corrected chi connectivity index (χ2v) is 7.09. The fourth-order valence-electron chi connectivity index (χ4n) is 3.39. The van der Waals surface area contributed by atoms with Gasteiger partial charge < -0.3 is 10.6 Å². The van der Waals surface area contributed by atoms with E-state index in [2.05, 4.69) is 26.7 Å². The van der Waals surface area contributed by atoms with Crippen molar-refractivity contribution in [2.75, 3.05) is 26.2 Å². The molecule has 1 atom stereocenters. The van der Waals surface area contributed by atoms with E-state index in [1.807, 2.05) is 43.3 Å². The summed E-state index contributed by atoms with van der Waals surface area (Å²) in [5, 5.41) is 6.44. The number of hydrogen-bond acceptors (Lipinski definition) is 3. The van der Waals surface area contributed by atoms with E-state index in [0.717, 1.165) is 16.8 Å². The van der Waals surface area contributed by atoms with Gasteiger partial charge in [0.25, 0.3) is 0 Å². The molecular formula is C21H26F3N5. The van der Waals surface area contributed by atoms with Gasteiger partial charge in [0.15, 0.2) is 5.96 Å². The Morgan fingerprint density at radius 2 is 2.10 bits per heavy atom. The van der Waals surface area contributed by atoms with E-state index in [1.54, 1.807) is 6.20 Å². The maximum atomic E-state index is 12.6. The van der Waals surface area contributed by atoms with Gasteiger partial charge in [-0.1, -0.05) is 24.3 Å². The first-order valence-corrected chi connectivity index (χ1v) is 9.77. The fraction of sp³-hybridized carbons (Fsp3) is 0.429. The highest BCUT2D eigenvalue weighted by molar-refractivity contribution is 5.80. The zero-order chi connectivity index (χ0) is 20.7. The van der Waals surface area contributed by atoms with Gasteiger partial charge in [-0.3, -0.25) is 9.88 Å². The number of likely N-dealkylation sites (tertiary alicyclic amines) is 1. The summed E-state index contributed by atoms with van der Waals surface area (Å²) < 4.78 is 37.7. The Labute approximate surface area is 169 Å². The van der Waals surface area contributed by atoms with Crippen LogP contribution in [-0.2, 0) is 6.54 Å². The Hall–Kier alpha value is -2.61. The molecule has 2 heterocycles. The van der Waals surface area contributed by atoms with Crippen molar-refractivity contribution >= 4 is 5.96 Å². The van der Waals surface area contributed by atoms with E-state index < -0.39 is 12.7 Å². The molecule has 2 N–H and O–H groups in total. The van der Waals surface area contributed by atoms with Gasteiger partial charge >= 0.3 is 6.18 Å². The molecular weight excluding hydrogens is 379 g/mol. The molecule has 1 aromatic carbocycles. The Bertz CT molecular complexity index is 807. The first kappa shape index (κ1) is 21.1. The molecule has 0 saturated carbocycles. The van der Waals surface area contributed by atoms with Crippen molar-refractivity contribution in [3.05, 3.63) is 54.2 Å². The number of hydrogen-bond donors (Lipinski definition) is 2. The zero-order valence-electron chi connectivity index (χ0n) is 16.4. The molecule has 0 spiro atoms. The van der Waals surface area contributed by atoms with E-state index >= 15 is 0 Å². The lowest BCUT2D eigenvalue weighted by Crippen LogP contribution is -2.45. The quantitative estimate of drug-likeness (QED) is 0.571. The number of guanidine groups is 1. The van der Waals surface area contributed by atoms with Gasteiger partial charge in [0.1, 0.15) is 0 Å². The molecule has 1 saturated heterocycles. The predicted molar refractivity (Wildman–Crippen MR) is 109 cm³/mol. The molecule has 8 heteroatoms. The molecule has 1 fully saturated rings. The van der Waals surface area contributed by atoms with Crippen molar-refractivity contribution in [1.82, 2.24) is 20.5 Å². The van der Waals surface area contributed by atoms with Gasteiger partial charge in [0, 0.05) is 37.4 Å². The van der Waals surface area contributed by atoms with Crippen molar-refractivity contribution in [2.24, 2.45) is 4.99 Å². The number of rotatable bonds is 6. The van der Waals surface area contributed by atoms with E-state index in [0.29, 0.717) is 38.6 Å². The Kier molecular flexibility index (Phi) is 7.09. The molecule has 0 aliphatic carbocycles. The molecule has 1 aliphatic rings. The maximum Gasteiger partial charge on any atom is 0.401 e. The number of aromatic nitrogens is 1. The first-order chi connectivity index (χ1) is 13.9. The number of benzene rings is 1. The summed E-state index contributed by atoms with van der Waals surface area (Å²) in [7, 11) is 0. The number of halogens is 3. The van der Waals surface area contributed by atoms with Crippen LogP contribution in [0.1, 0.15) is 18.9 Å². The van der Waals surface area contributed by atoms with Crippen molar-refractivity contribution < 1.29 is 13.2 Å². The molecule has 156 valence electrons. The van der Waals surface area contributed by atoms with E-state index in [1.165, 1.54) is 4.90 Å². The monoisotopic (exact) mass is 405 g/mol. The van der Waals surface area contributed by atoms with Gasteiger partial charge in [0.2, 0.25) is 0 Å². The second kappa shape index (κ2) is 9.73. The van der Waals surface area contributed by atoms with E-state index in [4.69, 9.17) is 0 Å². The third kappa shape index (κ3) is 6.74. The van der Waals surface area contributed by atoms with Crippen LogP contribution < -0.4 is 10.6 Å². The summed E-state index contributed by atoms with van der Waals surface area (Å²) in [4.78, 5) is 10.4. The Morgan fingerprint density at radius 3 is 2.83 bits per heavy atom. The maximum absolute atomic E-state index is 12.6. The average Bonchev–Trinajstić information content (AvgIpc) is 3.12. The number of pyridine rings is 1. The SMILES string of the molecule is CCNC(=NCc1cccc(-c2ccccn2)c1)NC1CCN(CC(F)(F)F)C1. The van der Waals surface area contributed by atoms with Gasteiger partial charge in [-0.2, -0.15) is 13.2 Å². The molecule has 2 aromatic rings. The van der Waals surface area contributed by atoms with Crippen LogP contribution in [0.5, 0.6) is 0 Å². The predicted octanol–water partition coefficient (Wildman–Crippen LogP) is 3.44. The fourth-order valence-corrected chi connectivity index (χ4v) is 3.39. The summed E-state index contributed by atoms with van der Waals surface area (Å²) in [5.74, 6) is 0.620. The van der Waals surface area contributed by atoms with Crippen LogP contribution in [0.15, 0.2) is 53.7 Å². The van der Waals surface area contributed by atoms with Crippen molar-refractivity contribution in [3.63, 3.8) is 0 Å². The van der Waals surface area contributed by atoms with Gasteiger partial charge in [0.05, 0.1) is 18.8 Å². The minimum atomic E-state index is -4.16. The standard InChI is InChI=1S/C21H26F3N5/c1-2-25-20(28-18-9-11-29(14-18)15-21(22,23)24)27-13-16-6-5-7-17(12-16)19-8-3-4-10-26-19/h3-8,10,12,18H,2,9,11,13-15H2,1H3,(H2,25,27,28). The molecule has 1 aromatic heterocycles. The van der Waals surface area contributed by atoms with Crippen LogP contribution >= 0.6 is 0 Å². The number of alkyl halides is 3. The molecule has 0 amide bonds. The second-order valence-electron chi connectivity index (χ2n) is 7.09. The molecule has 5 nitrogen and oxygen atoms in total. The molecule has 0 radical (unpaired) electrons. The molecule has 1 unspecified atom stereocenters. The smallest absolute Gasteiger partial charge is 0.357 e. The topological polar surface area (TPSA) is 52.6 Å². The third-order valence-electron chi connectivity index (χ3n) is 4.67. The molecule has 29 heavy (non-hydrogen) atoms. The lowest BCUT2D eigenvalue weighted by atomic mass is 10.1. The molecule has 0 bridgehead atoms. The normalized spacial score (nSPS) is 18.1. The average molecular weight is 405 g/mol. The summed E-state index contributed by atoms with van der Waals surface area (Å²) in [6, 6.07) is 13.8. The van der Waals surface area contributed by atoms with Gasteiger partial charge in [-0.15, -0.1) is 0 Å². The zero-order valence-corrected chi connectivity index (χ0v) is 16.4. The van der Waals surface area contributed by atoms with Gasteiger partial charge in [-0.05, 0) is 37.1 Å². The third-order valence-corrected chi connectivity index (χ3v) is 4.67. The number of nitrogens with one attached hydrogen (secondary N) is 2. The van der Waals surface area contributed by atoms with Gasteiger partial charge in [-0.25, -0.2) is 4.99 Å². The highest BCUT2D eigenvalue weighted by Crippen LogP contribution is 2.20. The summed E-state index contributed by atoms with van der Waals surface area (Å²) in [6.45, 7) is 3.04. The lowest BCUT2D eigenvalue weighted by molar-refractivity contribution is -0.143.